The van der Waals surface area contributed by atoms with Crippen molar-refractivity contribution in [2.45, 2.75) is 38.5 Å². The van der Waals surface area contributed by atoms with Gasteiger partial charge < -0.3 is 20.1 Å². The molecule has 9 nitrogen and oxygen atoms in total. The smallest absolute Gasteiger partial charge is 0.347 e. The number of carboxylic acid groups (broad SMARTS) is 1. The summed E-state index contributed by atoms with van der Waals surface area (Å²) in [6.45, 7) is 4.49. The first-order valence-corrected chi connectivity index (χ1v) is 9.39. The summed E-state index contributed by atoms with van der Waals surface area (Å²) < 4.78 is 0. The number of carbonyl (C=O) groups is 3. The van der Waals surface area contributed by atoms with Crippen LogP contribution < -0.4 is 15.3 Å². The average molecular weight is 411 g/mol. The van der Waals surface area contributed by atoms with Gasteiger partial charge in [-0.25, -0.2) is 9.59 Å². The topological polar surface area (TPSA) is 116 Å². The predicted octanol–water partition coefficient (Wildman–Crippen LogP) is 2.09. The average Bonchev–Trinajstić information content (AvgIpc) is 2.93. The number of rotatable bonds is 5. The van der Waals surface area contributed by atoms with Crippen LogP contribution in [-0.2, 0) is 4.79 Å². The van der Waals surface area contributed by atoms with Gasteiger partial charge in [0.05, 0.1) is 17.6 Å². The number of hydrogen-bond acceptors (Lipinski definition) is 5. The maximum absolute atomic E-state index is 13.3. The molecule has 2 aromatic rings. The maximum Gasteiger partial charge on any atom is 0.347 e. The lowest BCUT2D eigenvalue weighted by atomic mass is 9.98. The van der Waals surface area contributed by atoms with Gasteiger partial charge in [0.15, 0.2) is 6.17 Å². The summed E-state index contributed by atoms with van der Waals surface area (Å²) in [5.74, 6) is -1.44. The molecule has 158 valence electrons. The van der Waals surface area contributed by atoms with Crippen LogP contribution in [-0.4, -0.2) is 50.9 Å². The van der Waals surface area contributed by atoms with Gasteiger partial charge in [-0.05, 0) is 45.0 Å². The minimum absolute atomic E-state index is 0.403. The number of amides is 4. The molecule has 2 aromatic carbocycles. The van der Waals surface area contributed by atoms with Crippen molar-refractivity contribution in [1.82, 2.24) is 9.96 Å². The van der Waals surface area contributed by atoms with Gasteiger partial charge in [0.25, 0.3) is 0 Å². The highest BCUT2D eigenvalue weighted by Crippen LogP contribution is 2.39. The molecule has 1 saturated heterocycles. The lowest BCUT2D eigenvalue weighted by molar-refractivity contribution is -0.311. The summed E-state index contributed by atoms with van der Waals surface area (Å²) in [5.41, 5.74) is -0.412. The molecule has 0 bridgehead atoms. The lowest BCUT2D eigenvalue weighted by Crippen LogP contribution is -2.60. The van der Waals surface area contributed by atoms with Gasteiger partial charge >= 0.3 is 12.1 Å². The van der Waals surface area contributed by atoms with Gasteiger partial charge in [-0.15, -0.1) is 0 Å². The molecule has 2 atom stereocenters. The van der Waals surface area contributed by atoms with Crippen LogP contribution in [0.15, 0.2) is 60.7 Å². The van der Waals surface area contributed by atoms with E-state index in [0.29, 0.717) is 16.4 Å². The van der Waals surface area contributed by atoms with Gasteiger partial charge in [-0.1, -0.05) is 36.4 Å². The van der Waals surface area contributed by atoms with E-state index in [9.17, 15) is 24.7 Å². The molecule has 4 amide bonds. The Hall–Kier alpha value is -3.59. The van der Waals surface area contributed by atoms with E-state index in [1.165, 1.54) is 11.8 Å². The van der Waals surface area contributed by atoms with Crippen LogP contribution in [0.1, 0.15) is 20.8 Å². The molecule has 3 rings (SSSR count). The second-order valence-corrected chi connectivity index (χ2v) is 7.52. The largest absolute Gasteiger partial charge is 0.548 e. The minimum atomic E-state index is -1.44. The third kappa shape index (κ3) is 3.67. The van der Waals surface area contributed by atoms with Crippen molar-refractivity contribution < 1.29 is 24.7 Å². The Morgan fingerprint density at radius 3 is 2.17 bits per heavy atom. The number of hydrogen-bond donors (Lipinski definition) is 2. The fourth-order valence-electron chi connectivity index (χ4n) is 3.74. The Kier molecular flexibility index (Phi) is 5.66. The quantitative estimate of drug-likeness (QED) is 0.577. The zero-order valence-electron chi connectivity index (χ0n) is 16.9. The molecule has 0 unspecified atom stereocenters. The standard InChI is InChI=1S/C21H24N4O5/c1-14(17(26)27)24-20(29)23(16-12-8-5-9-13-16)18(21(24,2)3)25(30)19(28)22-15-10-6-4-7-11-15/h4-14,18,30H,1-3H3,(H,22,28)(H,26,27)/p-1/t14-,18-/m0/s1. The van der Waals surface area contributed by atoms with Crippen molar-refractivity contribution in [3.05, 3.63) is 60.7 Å². The van der Waals surface area contributed by atoms with E-state index in [1.54, 1.807) is 74.5 Å². The third-order valence-electron chi connectivity index (χ3n) is 5.14. The van der Waals surface area contributed by atoms with Crippen molar-refractivity contribution >= 4 is 29.4 Å². The number of urea groups is 2. The van der Waals surface area contributed by atoms with E-state index in [1.807, 2.05) is 0 Å². The normalized spacial score (nSPS) is 18.8. The van der Waals surface area contributed by atoms with Crippen LogP contribution in [0.2, 0.25) is 0 Å². The van der Waals surface area contributed by atoms with E-state index in [0.717, 1.165) is 4.90 Å². The highest BCUT2D eigenvalue weighted by molar-refractivity contribution is 5.99. The van der Waals surface area contributed by atoms with Gasteiger partial charge in [0.1, 0.15) is 0 Å². The van der Waals surface area contributed by atoms with Crippen LogP contribution >= 0.6 is 0 Å². The molecule has 0 aliphatic carbocycles. The molecular weight excluding hydrogens is 388 g/mol. The summed E-state index contributed by atoms with van der Waals surface area (Å²) in [6.07, 6.45) is -1.21. The molecule has 30 heavy (non-hydrogen) atoms. The highest BCUT2D eigenvalue weighted by Gasteiger charge is 2.57. The van der Waals surface area contributed by atoms with Crippen LogP contribution in [0.5, 0.6) is 0 Å². The molecular formula is C21H23N4O5-. The summed E-state index contributed by atoms with van der Waals surface area (Å²) in [5, 5.41) is 25.4. The van der Waals surface area contributed by atoms with Gasteiger partial charge in [0.2, 0.25) is 0 Å². The van der Waals surface area contributed by atoms with Crippen LogP contribution in [0, 0.1) is 0 Å². The Morgan fingerprint density at radius 1 is 1.10 bits per heavy atom. The number of nitrogens with one attached hydrogen (secondary N) is 1. The highest BCUT2D eigenvalue weighted by atomic mass is 16.5. The first-order chi connectivity index (χ1) is 14.2. The fourth-order valence-corrected chi connectivity index (χ4v) is 3.74. The Morgan fingerprint density at radius 2 is 1.63 bits per heavy atom. The number of anilines is 2. The third-order valence-corrected chi connectivity index (χ3v) is 5.14. The Balaban J connectivity index is 2.02. The van der Waals surface area contributed by atoms with E-state index >= 15 is 0 Å². The molecule has 0 saturated carbocycles. The zero-order valence-corrected chi connectivity index (χ0v) is 16.9. The number of benzene rings is 2. The first-order valence-electron chi connectivity index (χ1n) is 9.39. The monoisotopic (exact) mass is 411 g/mol. The summed E-state index contributed by atoms with van der Waals surface area (Å²) >= 11 is 0. The van der Waals surface area contributed by atoms with Crippen molar-refractivity contribution in [2.75, 3.05) is 10.2 Å². The molecule has 2 N–H and O–H groups in total. The fraction of sp³-hybridized carbons (Fsp3) is 0.286. The van der Waals surface area contributed by atoms with Crippen molar-refractivity contribution in [3.63, 3.8) is 0 Å². The van der Waals surface area contributed by atoms with Crippen molar-refractivity contribution in [1.29, 1.82) is 0 Å². The number of carbonyl (C=O) groups excluding carboxylic acids is 3. The second kappa shape index (κ2) is 8.03. The van der Waals surface area contributed by atoms with E-state index in [4.69, 9.17) is 0 Å². The van der Waals surface area contributed by atoms with E-state index in [-0.39, 0.29) is 0 Å². The summed E-state index contributed by atoms with van der Waals surface area (Å²) in [7, 11) is 0. The van der Waals surface area contributed by atoms with Crippen LogP contribution in [0.3, 0.4) is 0 Å². The van der Waals surface area contributed by atoms with Crippen molar-refractivity contribution in [2.24, 2.45) is 0 Å². The molecule has 1 aliphatic heterocycles. The minimum Gasteiger partial charge on any atom is -0.548 e. The molecule has 9 heteroatoms. The predicted molar refractivity (Wildman–Crippen MR) is 108 cm³/mol. The number of hydroxylamine groups is 2. The number of nitrogens with zero attached hydrogens (tertiary/aromatic N) is 3. The molecule has 0 radical (unpaired) electrons. The molecule has 1 heterocycles. The summed E-state index contributed by atoms with van der Waals surface area (Å²) in [6, 6.07) is 14.1. The van der Waals surface area contributed by atoms with E-state index < -0.39 is 35.8 Å². The number of carboxylic acids is 1. The summed E-state index contributed by atoms with van der Waals surface area (Å²) in [4.78, 5) is 39.8. The lowest BCUT2D eigenvalue weighted by Gasteiger charge is -2.40. The Labute approximate surface area is 174 Å². The number of para-hydroxylation sites is 2. The van der Waals surface area contributed by atoms with Gasteiger partial charge in [0, 0.05) is 11.4 Å². The molecule has 0 spiro atoms. The first kappa shape index (κ1) is 21.1. The Bertz CT molecular complexity index is 935. The zero-order chi connectivity index (χ0) is 22.1. The number of aliphatic carboxylic acids is 1. The van der Waals surface area contributed by atoms with Gasteiger partial charge in [-0.2, -0.15) is 5.06 Å². The van der Waals surface area contributed by atoms with Crippen molar-refractivity contribution in [3.8, 4) is 0 Å². The van der Waals surface area contributed by atoms with Crippen LogP contribution in [0.25, 0.3) is 0 Å². The SMILES string of the molecule is C[C@@H](C(=O)[O-])N1C(=O)N(c2ccccc2)[C@@H](N(O)C(=O)Nc2ccccc2)C1(C)C. The maximum atomic E-state index is 13.3. The molecule has 1 fully saturated rings. The molecule has 1 aliphatic rings. The van der Waals surface area contributed by atoms with Crippen LogP contribution in [0.4, 0.5) is 21.0 Å². The second-order valence-electron chi connectivity index (χ2n) is 7.52. The van der Waals surface area contributed by atoms with Gasteiger partial charge in [-0.3, -0.25) is 10.1 Å². The van der Waals surface area contributed by atoms with E-state index in [2.05, 4.69) is 5.32 Å². The molecule has 0 aromatic heterocycles.